The summed E-state index contributed by atoms with van der Waals surface area (Å²) in [4.78, 5) is 13.2. The highest BCUT2D eigenvalue weighted by Crippen LogP contribution is 2.05. The fourth-order valence-corrected chi connectivity index (χ4v) is 1.78. The lowest BCUT2D eigenvalue weighted by molar-refractivity contribution is 0.0480. The van der Waals surface area contributed by atoms with Crippen molar-refractivity contribution in [1.82, 2.24) is 24.8 Å². The van der Waals surface area contributed by atoms with Crippen molar-refractivity contribution in [3.8, 4) is 5.69 Å². The zero-order valence-corrected chi connectivity index (χ0v) is 11.2. The Kier molecular flexibility index (Phi) is 3.72. The van der Waals surface area contributed by atoms with Crippen LogP contribution in [-0.2, 0) is 11.3 Å². The van der Waals surface area contributed by atoms with Crippen LogP contribution in [0.25, 0.3) is 5.69 Å². The number of nitrogens with zero attached hydrogens (tertiary/aromatic N) is 5. The standard InChI is InChI=1S/C14H13N5O2/c20-14(21-10-9-18-8-4-7-15-18)13-11-16-19(17-13)12-5-2-1-3-6-12/h1-8,11H,9-10H2. The zero-order chi connectivity index (χ0) is 14.5. The normalized spacial score (nSPS) is 10.5. The van der Waals surface area contributed by atoms with Crippen LogP contribution in [0.2, 0.25) is 0 Å². The van der Waals surface area contributed by atoms with Gasteiger partial charge in [0, 0.05) is 12.4 Å². The molecule has 2 aromatic heterocycles. The summed E-state index contributed by atoms with van der Waals surface area (Å²) < 4.78 is 6.82. The quantitative estimate of drug-likeness (QED) is 0.660. The molecule has 106 valence electrons. The van der Waals surface area contributed by atoms with Crippen molar-refractivity contribution < 1.29 is 9.53 Å². The molecular formula is C14H13N5O2. The fourth-order valence-electron chi connectivity index (χ4n) is 1.78. The maximum atomic E-state index is 11.9. The predicted octanol–water partition coefficient (Wildman–Crippen LogP) is 1.32. The number of carbonyl (C=O) groups is 1. The summed E-state index contributed by atoms with van der Waals surface area (Å²) in [7, 11) is 0. The van der Waals surface area contributed by atoms with Crippen LogP contribution >= 0.6 is 0 Å². The third kappa shape index (κ3) is 3.14. The Balaban J connectivity index is 1.59. The lowest BCUT2D eigenvalue weighted by Gasteiger charge is -2.02. The number of hydrogen-bond acceptors (Lipinski definition) is 5. The summed E-state index contributed by atoms with van der Waals surface area (Å²) in [6, 6.07) is 11.2. The Labute approximate surface area is 120 Å². The molecule has 21 heavy (non-hydrogen) atoms. The number of aromatic nitrogens is 5. The molecule has 0 bridgehead atoms. The molecule has 1 aromatic carbocycles. The van der Waals surface area contributed by atoms with Crippen molar-refractivity contribution in [2.24, 2.45) is 0 Å². The second-order valence-corrected chi connectivity index (χ2v) is 4.26. The van der Waals surface area contributed by atoms with Crippen molar-refractivity contribution in [2.75, 3.05) is 6.61 Å². The number of para-hydroxylation sites is 1. The molecule has 0 atom stereocenters. The van der Waals surface area contributed by atoms with Gasteiger partial charge in [-0.15, -0.1) is 5.10 Å². The van der Waals surface area contributed by atoms with E-state index < -0.39 is 5.97 Å². The van der Waals surface area contributed by atoms with Crippen molar-refractivity contribution in [1.29, 1.82) is 0 Å². The monoisotopic (exact) mass is 283 g/mol. The summed E-state index contributed by atoms with van der Waals surface area (Å²) in [6.07, 6.45) is 4.87. The SMILES string of the molecule is O=C(OCCn1cccn1)c1cnn(-c2ccccc2)n1. The van der Waals surface area contributed by atoms with E-state index in [0.717, 1.165) is 5.69 Å². The molecule has 0 aliphatic rings. The molecule has 0 aliphatic heterocycles. The summed E-state index contributed by atoms with van der Waals surface area (Å²) in [5.74, 6) is -0.496. The molecule has 0 aliphatic carbocycles. The van der Waals surface area contributed by atoms with E-state index in [1.807, 2.05) is 36.4 Å². The number of rotatable bonds is 5. The van der Waals surface area contributed by atoms with Gasteiger partial charge in [0.05, 0.1) is 18.4 Å². The van der Waals surface area contributed by atoms with Gasteiger partial charge < -0.3 is 4.74 Å². The van der Waals surface area contributed by atoms with E-state index in [2.05, 4.69) is 15.3 Å². The van der Waals surface area contributed by atoms with E-state index in [4.69, 9.17) is 4.74 Å². The Morgan fingerprint density at radius 1 is 1.14 bits per heavy atom. The Hall–Kier alpha value is -2.96. The smallest absolute Gasteiger partial charge is 0.360 e. The van der Waals surface area contributed by atoms with Gasteiger partial charge in [-0.05, 0) is 18.2 Å². The van der Waals surface area contributed by atoms with Crippen LogP contribution in [0.5, 0.6) is 0 Å². The third-order valence-corrected chi connectivity index (χ3v) is 2.80. The molecule has 0 amide bonds. The Morgan fingerprint density at radius 3 is 2.76 bits per heavy atom. The minimum absolute atomic E-state index is 0.180. The summed E-state index contributed by atoms with van der Waals surface area (Å²) in [5, 5.41) is 12.2. The van der Waals surface area contributed by atoms with Crippen LogP contribution in [0.1, 0.15) is 10.5 Å². The molecule has 7 heteroatoms. The molecule has 0 unspecified atom stereocenters. The average Bonchev–Trinajstić information content (AvgIpc) is 3.20. The maximum absolute atomic E-state index is 11.9. The summed E-state index contributed by atoms with van der Waals surface area (Å²) in [6.45, 7) is 0.740. The van der Waals surface area contributed by atoms with E-state index in [1.165, 1.54) is 11.0 Å². The maximum Gasteiger partial charge on any atom is 0.360 e. The second-order valence-electron chi connectivity index (χ2n) is 4.26. The topological polar surface area (TPSA) is 74.8 Å². The molecule has 3 rings (SSSR count). The van der Waals surface area contributed by atoms with Gasteiger partial charge in [0.1, 0.15) is 6.61 Å². The lowest BCUT2D eigenvalue weighted by Crippen LogP contribution is -2.12. The first-order valence-electron chi connectivity index (χ1n) is 6.45. The third-order valence-electron chi connectivity index (χ3n) is 2.80. The van der Waals surface area contributed by atoms with Crippen LogP contribution in [0.4, 0.5) is 0 Å². The van der Waals surface area contributed by atoms with E-state index >= 15 is 0 Å². The minimum atomic E-state index is -0.496. The number of hydrogen-bond donors (Lipinski definition) is 0. The molecule has 0 N–H and O–H groups in total. The van der Waals surface area contributed by atoms with Gasteiger partial charge in [-0.2, -0.15) is 15.0 Å². The van der Waals surface area contributed by atoms with E-state index in [9.17, 15) is 4.79 Å². The molecular weight excluding hydrogens is 270 g/mol. The molecule has 0 radical (unpaired) electrons. The first kappa shape index (κ1) is 13.0. The van der Waals surface area contributed by atoms with Gasteiger partial charge in [-0.1, -0.05) is 18.2 Å². The highest BCUT2D eigenvalue weighted by atomic mass is 16.5. The molecule has 0 saturated carbocycles. The van der Waals surface area contributed by atoms with Gasteiger partial charge in [0.25, 0.3) is 0 Å². The highest BCUT2D eigenvalue weighted by molar-refractivity contribution is 5.86. The molecule has 0 saturated heterocycles. The molecule has 0 fully saturated rings. The first-order valence-corrected chi connectivity index (χ1v) is 6.45. The summed E-state index contributed by atoms with van der Waals surface area (Å²) in [5.41, 5.74) is 0.965. The Morgan fingerprint density at radius 2 is 2.00 bits per heavy atom. The molecule has 2 heterocycles. The largest absolute Gasteiger partial charge is 0.459 e. The zero-order valence-electron chi connectivity index (χ0n) is 11.2. The lowest BCUT2D eigenvalue weighted by atomic mass is 10.3. The Bertz CT molecular complexity index is 706. The average molecular weight is 283 g/mol. The fraction of sp³-hybridized carbons (Fsp3) is 0.143. The van der Waals surface area contributed by atoms with Gasteiger partial charge in [0.15, 0.2) is 5.69 Å². The second kappa shape index (κ2) is 6.00. The van der Waals surface area contributed by atoms with Crippen LogP contribution in [0.3, 0.4) is 0 Å². The number of benzene rings is 1. The van der Waals surface area contributed by atoms with Crippen LogP contribution in [-0.4, -0.2) is 37.4 Å². The molecule has 3 aromatic rings. The number of ether oxygens (including phenoxy) is 1. The van der Waals surface area contributed by atoms with Crippen molar-refractivity contribution >= 4 is 5.97 Å². The van der Waals surface area contributed by atoms with E-state index in [-0.39, 0.29) is 12.3 Å². The van der Waals surface area contributed by atoms with Crippen LogP contribution < -0.4 is 0 Å². The first-order chi connectivity index (χ1) is 10.3. The van der Waals surface area contributed by atoms with Gasteiger partial charge in [0.2, 0.25) is 0 Å². The summed E-state index contributed by atoms with van der Waals surface area (Å²) >= 11 is 0. The minimum Gasteiger partial charge on any atom is -0.459 e. The van der Waals surface area contributed by atoms with Crippen molar-refractivity contribution in [2.45, 2.75) is 6.54 Å². The molecule has 7 nitrogen and oxygen atoms in total. The highest BCUT2D eigenvalue weighted by Gasteiger charge is 2.12. The van der Waals surface area contributed by atoms with E-state index in [0.29, 0.717) is 6.54 Å². The molecule has 0 spiro atoms. The van der Waals surface area contributed by atoms with E-state index in [1.54, 1.807) is 17.1 Å². The van der Waals surface area contributed by atoms with Crippen LogP contribution in [0, 0.1) is 0 Å². The number of carbonyl (C=O) groups excluding carboxylic acids is 1. The van der Waals surface area contributed by atoms with Crippen molar-refractivity contribution in [3.05, 3.63) is 60.7 Å². The van der Waals surface area contributed by atoms with Gasteiger partial charge in [-0.3, -0.25) is 4.68 Å². The van der Waals surface area contributed by atoms with Gasteiger partial charge >= 0.3 is 5.97 Å². The number of esters is 1. The van der Waals surface area contributed by atoms with Crippen LogP contribution in [0.15, 0.2) is 55.0 Å². The van der Waals surface area contributed by atoms with Crippen molar-refractivity contribution in [3.63, 3.8) is 0 Å². The van der Waals surface area contributed by atoms with Gasteiger partial charge in [-0.25, -0.2) is 4.79 Å². The predicted molar refractivity (Wildman–Crippen MR) is 73.9 cm³/mol.